The molecule has 192 valence electrons. The van der Waals surface area contributed by atoms with Gasteiger partial charge in [0.15, 0.2) is 0 Å². The van der Waals surface area contributed by atoms with E-state index in [0.29, 0.717) is 6.54 Å². The van der Waals surface area contributed by atoms with E-state index in [2.05, 4.69) is 17.6 Å². The number of alkyl carbamates (subject to hydrolysis) is 1. The highest BCUT2D eigenvalue weighted by Crippen LogP contribution is 2.24. The van der Waals surface area contributed by atoms with E-state index in [1.807, 2.05) is 51.1 Å². The van der Waals surface area contributed by atoms with E-state index in [9.17, 15) is 14.4 Å². The largest absolute Gasteiger partial charge is 0.444 e. The van der Waals surface area contributed by atoms with Gasteiger partial charge in [-0.3, -0.25) is 9.59 Å². The second-order valence-corrected chi connectivity index (χ2v) is 10.9. The van der Waals surface area contributed by atoms with E-state index in [-0.39, 0.29) is 11.8 Å². The topological polar surface area (TPSA) is 87.7 Å². The van der Waals surface area contributed by atoms with E-state index in [1.54, 1.807) is 32.6 Å². The predicted molar refractivity (Wildman–Crippen MR) is 136 cm³/mol. The van der Waals surface area contributed by atoms with Crippen LogP contribution in [0.5, 0.6) is 0 Å². The van der Waals surface area contributed by atoms with Crippen molar-refractivity contribution in [1.82, 2.24) is 15.5 Å². The molecule has 2 atom stereocenters. The standard InChI is InChI=1S/C27H45N3O4/c1-9-10-11-12-16-19-30(24(32)20(2)28-25(33)34-27(6,7)8)22(21-17-14-13-15-18-21)23(31)29-26(3,4)5/h13-15,17-18,20,22H,9-12,16,19H2,1-8H3,(H,28,33)(H,29,31). The van der Waals surface area contributed by atoms with E-state index < -0.39 is 29.3 Å². The minimum Gasteiger partial charge on any atom is -0.444 e. The van der Waals surface area contributed by atoms with Crippen molar-refractivity contribution in [3.8, 4) is 0 Å². The van der Waals surface area contributed by atoms with Crippen LogP contribution in [0.2, 0.25) is 0 Å². The molecule has 0 aromatic heterocycles. The summed E-state index contributed by atoms with van der Waals surface area (Å²) in [5.41, 5.74) is -0.402. The van der Waals surface area contributed by atoms with Crippen LogP contribution in [-0.2, 0) is 14.3 Å². The first kappa shape index (κ1) is 29.5. The van der Waals surface area contributed by atoms with Crippen molar-refractivity contribution in [2.24, 2.45) is 0 Å². The highest BCUT2D eigenvalue weighted by molar-refractivity contribution is 5.92. The van der Waals surface area contributed by atoms with Crippen LogP contribution in [0.4, 0.5) is 4.79 Å². The number of rotatable bonds is 11. The van der Waals surface area contributed by atoms with Crippen molar-refractivity contribution in [3.63, 3.8) is 0 Å². The summed E-state index contributed by atoms with van der Waals surface area (Å²) in [5, 5.41) is 5.67. The Morgan fingerprint density at radius 1 is 0.941 bits per heavy atom. The van der Waals surface area contributed by atoms with Crippen LogP contribution in [-0.4, -0.2) is 46.5 Å². The molecule has 7 nitrogen and oxygen atoms in total. The van der Waals surface area contributed by atoms with Crippen LogP contribution >= 0.6 is 0 Å². The van der Waals surface area contributed by atoms with Crippen molar-refractivity contribution in [1.29, 1.82) is 0 Å². The van der Waals surface area contributed by atoms with Crippen LogP contribution < -0.4 is 10.6 Å². The monoisotopic (exact) mass is 475 g/mol. The molecule has 0 aliphatic rings. The lowest BCUT2D eigenvalue weighted by Crippen LogP contribution is -2.54. The van der Waals surface area contributed by atoms with E-state index >= 15 is 0 Å². The molecular formula is C27H45N3O4. The number of ether oxygens (including phenoxy) is 1. The lowest BCUT2D eigenvalue weighted by molar-refractivity contribution is -0.142. The molecule has 0 fully saturated rings. The molecule has 1 rings (SSSR count). The Labute approximate surface area is 206 Å². The molecule has 0 saturated heterocycles. The Balaban J connectivity index is 3.23. The Kier molecular flexibility index (Phi) is 11.6. The number of benzene rings is 1. The smallest absolute Gasteiger partial charge is 0.408 e. The molecule has 0 heterocycles. The van der Waals surface area contributed by atoms with Gasteiger partial charge in [-0.15, -0.1) is 0 Å². The molecule has 0 aliphatic heterocycles. The summed E-state index contributed by atoms with van der Waals surface area (Å²) in [6.45, 7) is 15.2. The summed E-state index contributed by atoms with van der Waals surface area (Å²) in [6, 6.07) is 7.66. The number of amides is 3. The second-order valence-electron chi connectivity index (χ2n) is 10.9. The van der Waals surface area contributed by atoms with E-state index in [4.69, 9.17) is 4.74 Å². The van der Waals surface area contributed by atoms with Crippen molar-refractivity contribution < 1.29 is 19.1 Å². The molecule has 0 radical (unpaired) electrons. The lowest BCUT2D eigenvalue weighted by atomic mass is 10.00. The molecule has 0 saturated carbocycles. The Morgan fingerprint density at radius 2 is 1.53 bits per heavy atom. The Morgan fingerprint density at radius 3 is 2.06 bits per heavy atom. The van der Waals surface area contributed by atoms with Gasteiger partial charge in [-0.2, -0.15) is 0 Å². The lowest BCUT2D eigenvalue weighted by Gasteiger charge is -2.35. The number of nitrogens with zero attached hydrogens (tertiary/aromatic N) is 1. The van der Waals surface area contributed by atoms with Crippen LogP contribution in [0.15, 0.2) is 30.3 Å². The maximum atomic E-state index is 13.6. The fourth-order valence-corrected chi connectivity index (χ4v) is 3.59. The Hall–Kier alpha value is -2.57. The summed E-state index contributed by atoms with van der Waals surface area (Å²) >= 11 is 0. The number of carbonyl (C=O) groups is 3. The third-order valence-electron chi connectivity index (χ3n) is 5.06. The van der Waals surface area contributed by atoms with Crippen LogP contribution in [0.25, 0.3) is 0 Å². The fraction of sp³-hybridized carbons (Fsp3) is 0.667. The number of hydrogen-bond acceptors (Lipinski definition) is 4. The van der Waals surface area contributed by atoms with Gasteiger partial charge in [-0.1, -0.05) is 62.9 Å². The normalized spacial score (nSPS) is 13.5. The van der Waals surface area contributed by atoms with Gasteiger partial charge in [0.1, 0.15) is 17.7 Å². The summed E-state index contributed by atoms with van der Waals surface area (Å²) in [5.74, 6) is -0.565. The van der Waals surface area contributed by atoms with E-state index in [1.165, 1.54) is 0 Å². The van der Waals surface area contributed by atoms with Crippen molar-refractivity contribution in [3.05, 3.63) is 35.9 Å². The maximum Gasteiger partial charge on any atom is 0.408 e. The second kappa shape index (κ2) is 13.4. The zero-order valence-corrected chi connectivity index (χ0v) is 22.4. The summed E-state index contributed by atoms with van der Waals surface area (Å²) in [6.07, 6.45) is 4.42. The molecule has 7 heteroatoms. The number of hydrogen-bond donors (Lipinski definition) is 2. The molecule has 0 spiro atoms. The molecule has 1 aromatic carbocycles. The van der Waals surface area contributed by atoms with Gasteiger partial charge in [0.05, 0.1) is 0 Å². The summed E-state index contributed by atoms with van der Waals surface area (Å²) in [7, 11) is 0. The van der Waals surface area contributed by atoms with E-state index in [0.717, 1.165) is 37.7 Å². The molecule has 1 aromatic rings. The molecule has 0 bridgehead atoms. The van der Waals surface area contributed by atoms with Gasteiger partial charge in [0.2, 0.25) is 11.8 Å². The van der Waals surface area contributed by atoms with Gasteiger partial charge in [0.25, 0.3) is 0 Å². The molecule has 34 heavy (non-hydrogen) atoms. The first-order valence-corrected chi connectivity index (χ1v) is 12.4. The van der Waals surface area contributed by atoms with Crippen LogP contribution in [0, 0.1) is 0 Å². The van der Waals surface area contributed by atoms with Crippen molar-refractivity contribution in [2.75, 3.05) is 6.54 Å². The zero-order valence-electron chi connectivity index (χ0n) is 22.4. The summed E-state index contributed by atoms with van der Waals surface area (Å²) in [4.78, 5) is 41.0. The highest BCUT2D eigenvalue weighted by Gasteiger charge is 2.35. The zero-order chi connectivity index (χ0) is 25.9. The van der Waals surface area contributed by atoms with Crippen LogP contribution in [0.1, 0.15) is 99.1 Å². The van der Waals surface area contributed by atoms with Gasteiger partial charge in [0, 0.05) is 12.1 Å². The predicted octanol–water partition coefficient (Wildman–Crippen LogP) is 5.35. The molecule has 3 amide bonds. The first-order chi connectivity index (χ1) is 15.7. The number of carbonyl (C=O) groups excluding carboxylic acids is 3. The molecule has 2 N–H and O–H groups in total. The molecule has 0 aliphatic carbocycles. The number of unbranched alkanes of at least 4 members (excludes halogenated alkanes) is 4. The minimum atomic E-state index is -0.848. The van der Waals surface area contributed by atoms with Gasteiger partial charge < -0.3 is 20.3 Å². The van der Waals surface area contributed by atoms with Gasteiger partial charge in [-0.05, 0) is 60.5 Å². The SMILES string of the molecule is CCCCCCCN(C(=O)C(C)NC(=O)OC(C)(C)C)C(C(=O)NC(C)(C)C)c1ccccc1. The quantitative estimate of drug-likeness (QED) is 0.422. The average Bonchev–Trinajstić information content (AvgIpc) is 2.70. The van der Waals surface area contributed by atoms with Crippen molar-refractivity contribution >= 4 is 17.9 Å². The third-order valence-corrected chi connectivity index (χ3v) is 5.06. The molecular weight excluding hydrogens is 430 g/mol. The fourth-order valence-electron chi connectivity index (χ4n) is 3.59. The van der Waals surface area contributed by atoms with Crippen molar-refractivity contribution in [2.45, 2.75) is 111 Å². The maximum absolute atomic E-state index is 13.6. The third kappa shape index (κ3) is 11.0. The van der Waals surface area contributed by atoms with Crippen LogP contribution in [0.3, 0.4) is 0 Å². The molecule has 2 unspecified atom stereocenters. The first-order valence-electron chi connectivity index (χ1n) is 12.4. The number of nitrogens with one attached hydrogen (secondary N) is 2. The summed E-state index contributed by atoms with van der Waals surface area (Å²) < 4.78 is 5.32. The highest BCUT2D eigenvalue weighted by atomic mass is 16.6. The van der Waals surface area contributed by atoms with Gasteiger partial charge in [-0.25, -0.2) is 4.79 Å². The Bertz CT molecular complexity index is 781. The minimum absolute atomic E-state index is 0.245. The average molecular weight is 476 g/mol. The van der Waals surface area contributed by atoms with Gasteiger partial charge >= 0.3 is 6.09 Å².